The molecule has 0 saturated carbocycles. The lowest BCUT2D eigenvalue weighted by Crippen LogP contribution is -2.37. The number of pyridine rings is 1. The first kappa shape index (κ1) is 15.2. The van der Waals surface area contributed by atoms with Gasteiger partial charge in [0, 0.05) is 20.3 Å². The van der Waals surface area contributed by atoms with Gasteiger partial charge in [0.25, 0.3) is 5.56 Å². The van der Waals surface area contributed by atoms with Gasteiger partial charge in [0.2, 0.25) is 9.84 Å². The largest absolute Gasteiger partial charge is 0.332 e. The summed E-state index contributed by atoms with van der Waals surface area (Å²) in [6.07, 6.45) is 1.16. The van der Waals surface area contributed by atoms with Crippen LogP contribution < -0.4 is 11.2 Å². The normalized spacial score (nSPS) is 11.7. The molecule has 1 aromatic carbocycles. The van der Waals surface area contributed by atoms with Gasteiger partial charge >= 0.3 is 5.69 Å². The number of hydrogen-bond donors (Lipinski definition) is 0. The van der Waals surface area contributed by atoms with Crippen molar-refractivity contribution in [2.24, 2.45) is 14.1 Å². The van der Waals surface area contributed by atoms with E-state index in [1.54, 1.807) is 18.2 Å². The zero-order valence-electron chi connectivity index (χ0n) is 12.4. The molecule has 23 heavy (non-hydrogen) atoms. The Morgan fingerprint density at radius 2 is 1.61 bits per heavy atom. The van der Waals surface area contributed by atoms with E-state index in [4.69, 9.17) is 0 Å². The summed E-state index contributed by atoms with van der Waals surface area (Å²) in [5, 5.41) is 0.0756. The van der Waals surface area contributed by atoms with Gasteiger partial charge in [-0.15, -0.1) is 0 Å². The monoisotopic (exact) mass is 331 g/mol. The Bertz CT molecular complexity index is 1130. The van der Waals surface area contributed by atoms with Crippen LogP contribution in [-0.2, 0) is 23.9 Å². The SMILES string of the molecule is Cn1c(=O)c2cc(S(=O)(=O)c3ccccc3)cnc2n(C)c1=O. The second kappa shape index (κ2) is 5.17. The maximum atomic E-state index is 12.6. The number of hydrogen-bond acceptors (Lipinski definition) is 5. The molecule has 7 nitrogen and oxygen atoms in total. The van der Waals surface area contributed by atoms with Gasteiger partial charge in [-0.25, -0.2) is 18.2 Å². The molecule has 2 heterocycles. The molecule has 0 aliphatic heterocycles. The van der Waals surface area contributed by atoms with Gasteiger partial charge in [-0.3, -0.25) is 13.9 Å². The number of aryl methyl sites for hydroxylation is 1. The Hall–Kier alpha value is -2.74. The lowest BCUT2D eigenvalue weighted by atomic mass is 10.3. The van der Waals surface area contributed by atoms with Crippen molar-refractivity contribution in [2.45, 2.75) is 9.79 Å². The molecular weight excluding hydrogens is 318 g/mol. The van der Waals surface area contributed by atoms with Gasteiger partial charge in [-0.2, -0.15) is 0 Å². The fraction of sp³-hybridized carbons (Fsp3) is 0.133. The number of nitrogens with zero attached hydrogens (tertiary/aromatic N) is 3. The molecule has 0 aliphatic carbocycles. The molecule has 118 valence electrons. The van der Waals surface area contributed by atoms with Crippen molar-refractivity contribution in [3.8, 4) is 0 Å². The molecule has 0 fully saturated rings. The van der Waals surface area contributed by atoms with Crippen molar-refractivity contribution in [1.29, 1.82) is 0 Å². The third-order valence-electron chi connectivity index (χ3n) is 3.63. The van der Waals surface area contributed by atoms with Crippen LogP contribution in [0.15, 0.2) is 62.0 Å². The van der Waals surface area contributed by atoms with Crippen LogP contribution in [0.1, 0.15) is 0 Å². The van der Waals surface area contributed by atoms with Crippen LogP contribution in [0.5, 0.6) is 0 Å². The Labute approximate surface area is 131 Å². The summed E-state index contributed by atoms with van der Waals surface area (Å²) in [4.78, 5) is 28.1. The first-order chi connectivity index (χ1) is 10.8. The summed E-state index contributed by atoms with van der Waals surface area (Å²) < 4.78 is 27.3. The van der Waals surface area contributed by atoms with Gasteiger partial charge in [-0.1, -0.05) is 18.2 Å². The highest BCUT2D eigenvalue weighted by molar-refractivity contribution is 7.91. The summed E-state index contributed by atoms with van der Waals surface area (Å²) in [6.45, 7) is 0. The Morgan fingerprint density at radius 1 is 0.957 bits per heavy atom. The third-order valence-corrected chi connectivity index (χ3v) is 5.37. The lowest BCUT2D eigenvalue weighted by molar-refractivity contribution is 0.595. The van der Waals surface area contributed by atoms with Crippen LogP contribution in [0.3, 0.4) is 0 Å². The number of benzene rings is 1. The highest BCUT2D eigenvalue weighted by atomic mass is 32.2. The van der Waals surface area contributed by atoms with E-state index in [2.05, 4.69) is 4.98 Å². The van der Waals surface area contributed by atoms with Crippen LogP contribution >= 0.6 is 0 Å². The van der Waals surface area contributed by atoms with Gasteiger partial charge in [-0.05, 0) is 18.2 Å². The highest BCUT2D eigenvalue weighted by Gasteiger charge is 2.20. The standard InChI is InChI=1S/C15H13N3O4S/c1-17-13-12(14(19)18(2)15(17)20)8-11(9-16-13)23(21,22)10-6-4-3-5-7-10/h3-9H,1-2H3. The fourth-order valence-electron chi connectivity index (χ4n) is 2.33. The zero-order chi connectivity index (χ0) is 16.8. The molecule has 0 atom stereocenters. The molecule has 0 aliphatic rings. The van der Waals surface area contributed by atoms with E-state index in [1.165, 1.54) is 36.9 Å². The minimum absolute atomic E-state index is 0.0756. The van der Waals surface area contributed by atoms with Gasteiger partial charge in [0.1, 0.15) is 5.65 Å². The fourth-order valence-corrected chi connectivity index (χ4v) is 3.58. The Balaban J connectivity index is 2.35. The highest BCUT2D eigenvalue weighted by Crippen LogP contribution is 2.21. The van der Waals surface area contributed by atoms with E-state index in [-0.39, 0.29) is 20.8 Å². The Kier molecular flexibility index (Phi) is 3.41. The molecule has 0 radical (unpaired) electrons. The van der Waals surface area contributed by atoms with Crippen LogP contribution in [0.4, 0.5) is 0 Å². The smallest absolute Gasteiger partial charge is 0.280 e. The molecule has 0 saturated heterocycles. The predicted octanol–water partition coefficient (Wildman–Crippen LogP) is 0.465. The zero-order valence-corrected chi connectivity index (χ0v) is 13.2. The second-order valence-electron chi connectivity index (χ2n) is 5.06. The average Bonchev–Trinajstić information content (AvgIpc) is 2.58. The molecule has 8 heteroatoms. The summed E-state index contributed by atoms with van der Waals surface area (Å²) in [5.74, 6) is 0. The van der Waals surface area contributed by atoms with Gasteiger partial charge in [0.05, 0.1) is 15.2 Å². The summed E-state index contributed by atoms with van der Waals surface area (Å²) >= 11 is 0. The molecular formula is C15H13N3O4S. The van der Waals surface area contributed by atoms with E-state index < -0.39 is 21.1 Å². The summed E-state index contributed by atoms with van der Waals surface area (Å²) in [5.41, 5.74) is -0.959. The van der Waals surface area contributed by atoms with Crippen LogP contribution in [0.2, 0.25) is 0 Å². The Morgan fingerprint density at radius 3 is 2.26 bits per heavy atom. The molecule has 0 unspecified atom stereocenters. The maximum Gasteiger partial charge on any atom is 0.332 e. The molecule has 0 N–H and O–H groups in total. The topological polar surface area (TPSA) is 91.0 Å². The molecule has 3 rings (SSSR count). The number of sulfone groups is 1. The third kappa shape index (κ3) is 2.27. The van der Waals surface area contributed by atoms with Crippen molar-refractivity contribution < 1.29 is 8.42 Å². The van der Waals surface area contributed by atoms with Crippen molar-refractivity contribution >= 4 is 20.9 Å². The summed E-state index contributed by atoms with van der Waals surface area (Å²) in [7, 11) is -0.971. The minimum atomic E-state index is -3.78. The van der Waals surface area contributed by atoms with Gasteiger partial charge in [0.15, 0.2) is 0 Å². The number of fused-ring (bicyclic) bond motifs is 1. The van der Waals surface area contributed by atoms with E-state index >= 15 is 0 Å². The minimum Gasteiger partial charge on any atom is -0.280 e. The van der Waals surface area contributed by atoms with Crippen LogP contribution in [0, 0.1) is 0 Å². The van der Waals surface area contributed by atoms with Crippen molar-refractivity contribution in [3.05, 3.63) is 63.4 Å². The quantitative estimate of drug-likeness (QED) is 0.680. The number of rotatable bonds is 2. The lowest BCUT2D eigenvalue weighted by Gasteiger charge is -2.08. The van der Waals surface area contributed by atoms with Crippen molar-refractivity contribution in [3.63, 3.8) is 0 Å². The molecule has 0 amide bonds. The van der Waals surface area contributed by atoms with Crippen LogP contribution in [0.25, 0.3) is 11.0 Å². The molecule has 2 aromatic heterocycles. The first-order valence-corrected chi connectivity index (χ1v) is 8.18. The second-order valence-corrected chi connectivity index (χ2v) is 7.01. The predicted molar refractivity (Wildman–Crippen MR) is 84.1 cm³/mol. The molecule has 0 spiro atoms. The van der Waals surface area contributed by atoms with Crippen molar-refractivity contribution in [1.82, 2.24) is 14.1 Å². The van der Waals surface area contributed by atoms with E-state index in [1.807, 2.05) is 0 Å². The molecule has 0 bridgehead atoms. The van der Waals surface area contributed by atoms with E-state index in [0.29, 0.717) is 0 Å². The van der Waals surface area contributed by atoms with Gasteiger partial charge < -0.3 is 0 Å². The van der Waals surface area contributed by atoms with Crippen molar-refractivity contribution in [2.75, 3.05) is 0 Å². The number of aromatic nitrogens is 3. The maximum absolute atomic E-state index is 12.6. The van der Waals surface area contributed by atoms with Crippen LogP contribution in [-0.4, -0.2) is 22.5 Å². The first-order valence-electron chi connectivity index (χ1n) is 6.70. The molecule has 3 aromatic rings. The van der Waals surface area contributed by atoms with E-state index in [9.17, 15) is 18.0 Å². The summed E-state index contributed by atoms with van der Waals surface area (Å²) in [6, 6.07) is 9.14. The van der Waals surface area contributed by atoms with E-state index in [0.717, 1.165) is 10.8 Å². The average molecular weight is 331 g/mol.